The average molecular weight is 219 g/mol. The lowest BCUT2D eigenvalue weighted by Gasteiger charge is -2.13. The third-order valence-corrected chi connectivity index (χ3v) is 2.74. The smallest absolute Gasteiger partial charge is 0.179 e. The van der Waals surface area contributed by atoms with Crippen LogP contribution in [0, 0.1) is 13.8 Å². The number of hydrogen-bond acceptors (Lipinski definition) is 2. The quantitative estimate of drug-likeness (QED) is 0.771. The molecule has 0 saturated carbocycles. The maximum absolute atomic E-state index is 12.1. The molecule has 0 heterocycles. The summed E-state index contributed by atoms with van der Waals surface area (Å²) >= 11 is 0. The fraction of sp³-hybridized carbons (Fsp3) is 0.500. The number of hydrogen-bond donors (Lipinski definition) is 1. The van der Waals surface area contributed by atoms with E-state index >= 15 is 0 Å². The first-order chi connectivity index (χ1) is 7.56. The average Bonchev–Trinajstić information content (AvgIpc) is 2.25. The first kappa shape index (κ1) is 12.9. The minimum absolute atomic E-state index is 0.0960. The van der Waals surface area contributed by atoms with Gasteiger partial charge in [-0.25, -0.2) is 0 Å². The van der Waals surface area contributed by atoms with E-state index in [1.807, 2.05) is 32.9 Å². The summed E-state index contributed by atoms with van der Waals surface area (Å²) in [6.07, 6.45) is 1.05. The van der Waals surface area contributed by atoms with Crippen LogP contribution < -0.4 is 5.32 Å². The van der Waals surface area contributed by atoms with Gasteiger partial charge in [0.1, 0.15) is 0 Å². The number of ketones is 1. The molecule has 1 rings (SSSR count). The van der Waals surface area contributed by atoms with E-state index in [0.29, 0.717) is 0 Å². The van der Waals surface area contributed by atoms with Crippen molar-refractivity contribution < 1.29 is 4.79 Å². The van der Waals surface area contributed by atoms with E-state index in [2.05, 4.69) is 18.3 Å². The van der Waals surface area contributed by atoms with Gasteiger partial charge in [-0.2, -0.15) is 0 Å². The molecule has 2 heteroatoms. The highest BCUT2D eigenvalue weighted by molar-refractivity contribution is 6.01. The Morgan fingerprint density at radius 2 is 2.06 bits per heavy atom. The van der Waals surface area contributed by atoms with E-state index in [-0.39, 0.29) is 11.8 Å². The second-order valence-electron chi connectivity index (χ2n) is 4.36. The molecule has 0 radical (unpaired) electrons. The van der Waals surface area contributed by atoms with E-state index in [1.54, 1.807) is 0 Å². The summed E-state index contributed by atoms with van der Waals surface area (Å²) in [5, 5.41) is 3.22. The molecule has 1 unspecified atom stereocenters. The molecule has 0 spiro atoms. The molecule has 88 valence electrons. The maximum Gasteiger partial charge on any atom is 0.179 e. The lowest BCUT2D eigenvalue weighted by atomic mass is 9.98. The molecule has 2 nitrogen and oxygen atoms in total. The van der Waals surface area contributed by atoms with Crippen molar-refractivity contribution in [3.63, 3.8) is 0 Å². The van der Waals surface area contributed by atoms with Crippen molar-refractivity contribution in [2.45, 2.75) is 40.2 Å². The van der Waals surface area contributed by atoms with Gasteiger partial charge < -0.3 is 5.32 Å². The van der Waals surface area contributed by atoms with Crippen LogP contribution in [0.25, 0.3) is 0 Å². The first-order valence-electron chi connectivity index (χ1n) is 5.91. The Labute approximate surface area is 98.1 Å². The largest absolute Gasteiger partial charge is 0.307 e. The van der Waals surface area contributed by atoms with Crippen LogP contribution in [0.3, 0.4) is 0 Å². The molecule has 1 aromatic carbocycles. The zero-order chi connectivity index (χ0) is 12.1. The molecule has 0 aliphatic carbocycles. The molecular weight excluding hydrogens is 198 g/mol. The molecule has 1 atom stereocenters. The summed E-state index contributed by atoms with van der Waals surface area (Å²) in [7, 11) is 0. The summed E-state index contributed by atoms with van der Waals surface area (Å²) in [4.78, 5) is 12.1. The number of Topliss-reactive ketones (excluding diaryl/α,β-unsaturated/α-hetero) is 1. The van der Waals surface area contributed by atoms with E-state index < -0.39 is 0 Å². The Kier molecular flexibility index (Phi) is 4.69. The highest BCUT2D eigenvalue weighted by atomic mass is 16.1. The highest BCUT2D eigenvalue weighted by Crippen LogP contribution is 2.12. The topological polar surface area (TPSA) is 29.1 Å². The molecule has 0 fully saturated rings. The van der Waals surface area contributed by atoms with Crippen molar-refractivity contribution >= 4 is 5.78 Å². The molecule has 0 aromatic heterocycles. The number of carbonyl (C=O) groups is 1. The fourth-order valence-electron chi connectivity index (χ4n) is 1.78. The molecule has 0 saturated heterocycles. The minimum atomic E-state index is -0.0960. The van der Waals surface area contributed by atoms with Gasteiger partial charge in [-0.05, 0) is 39.3 Å². The number of nitrogens with one attached hydrogen (secondary N) is 1. The zero-order valence-electron chi connectivity index (χ0n) is 10.6. The van der Waals surface area contributed by atoms with Crippen LogP contribution in [0.5, 0.6) is 0 Å². The standard InChI is InChI=1S/C14H21NO/c1-5-8-15-12(4)14(16)13-7-6-10(2)9-11(13)3/h6-7,9,12,15H,5,8H2,1-4H3. The fourth-order valence-corrected chi connectivity index (χ4v) is 1.78. The van der Waals surface area contributed by atoms with Crippen LogP contribution in [0.1, 0.15) is 41.8 Å². The monoisotopic (exact) mass is 219 g/mol. The number of rotatable bonds is 5. The van der Waals surface area contributed by atoms with Gasteiger partial charge >= 0.3 is 0 Å². The molecule has 1 aromatic rings. The summed E-state index contributed by atoms with van der Waals surface area (Å²) in [6.45, 7) is 8.95. The van der Waals surface area contributed by atoms with Gasteiger partial charge in [0, 0.05) is 5.56 Å². The Balaban J connectivity index is 2.79. The van der Waals surface area contributed by atoms with E-state index in [1.165, 1.54) is 5.56 Å². The predicted octanol–water partition coefficient (Wildman–Crippen LogP) is 2.87. The van der Waals surface area contributed by atoms with Gasteiger partial charge in [0.15, 0.2) is 5.78 Å². The van der Waals surface area contributed by atoms with E-state index in [0.717, 1.165) is 24.1 Å². The van der Waals surface area contributed by atoms with Gasteiger partial charge in [-0.1, -0.05) is 30.7 Å². The van der Waals surface area contributed by atoms with Crippen molar-refractivity contribution in [1.29, 1.82) is 0 Å². The third kappa shape index (κ3) is 3.17. The van der Waals surface area contributed by atoms with Gasteiger partial charge in [0.05, 0.1) is 6.04 Å². The summed E-state index contributed by atoms with van der Waals surface area (Å²) in [6, 6.07) is 5.88. The van der Waals surface area contributed by atoms with Crippen molar-refractivity contribution in [3.05, 3.63) is 34.9 Å². The van der Waals surface area contributed by atoms with E-state index in [4.69, 9.17) is 0 Å². The van der Waals surface area contributed by atoms with Crippen LogP contribution in [0.15, 0.2) is 18.2 Å². The van der Waals surface area contributed by atoms with Gasteiger partial charge in [-0.15, -0.1) is 0 Å². The lowest BCUT2D eigenvalue weighted by Crippen LogP contribution is -2.34. The van der Waals surface area contributed by atoms with Crippen molar-refractivity contribution in [1.82, 2.24) is 5.32 Å². The van der Waals surface area contributed by atoms with Crippen LogP contribution in [-0.4, -0.2) is 18.4 Å². The molecule has 0 aliphatic heterocycles. The van der Waals surface area contributed by atoms with Gasteiger partial charge in [0.25, 0.3) is 0 Å². The third-order valence-electron chi connectivity index (χ3n) is 2.74. The first-order valence-corrected chi connectivity index (χ1v) is 5.91. The number of aryl methyl sites for hydroxylation is 2. The second kappa shape index (κ2) is 5.80. The minimum Gasteiger partial charge on any atom is -0.307 e. The molecule has 0 bridgehead atoms. The summed E-state index contributed by atoms with van der Waals surface area (Å²) < 4.78 is 0. The van der Waals surface area contributed by atoms with Crippen molar-refractivity contribution in [2.75, 3.05) is 6.54 Å². The number of carbonyl (C=O) groups excluding carboxylic acids is 1. The van der Waals surface area contributed by atoms with Gasteiger partial charge in [0.2, 0.25) is 0 Å². The summed E-state index contributed by atoms with van der Waals surface area (Å²) in [5.41, 5.74) is 3.10. The van der Waals surface area contributed by atoms with E-state index in [9.17, 15) is 4.79 Å². The SMILES string of the molecule is CCCNC(C)C(=O)c1ccc(C)cc1C. The van der Waals surface area contributed by atoms with Crippen LogP contribution >= 0.6 is 0 Å². The molecule has 0 aliphatic rings. The zero-order valence-corrected chi connectivity index (χ0v) is 10.6. The van der Waals surface area contributed by atoms with Crippen LogP contribution in [-0.2, 0) is 0 Å². The molecule has 16 heavy (non-hydrogen) atoms. The molecule has 1 N–H and O–H groups in total. The summed E-state index contributed by atoms with van der Waals surface area (Å²) in [5.74, 6) is 0.186. The van der Waals surface area contributed by atoms with Crippen LogP contribution in [0.4, 0.5) is 0 Å². The Morgan fingerprint density at radius 1 is 1.38 bits per heavy atom. The predicted molar refractivity (Wildman–Crippen MR) is 68.0 cm³/mol. The van der Waals surface area contributed by atoms with Gasteiger partial charge in [-0.3, -0.25) is 4.79 Å². The van der Waals surface area contributed by atoms with Crippen molar-refractivity contribution in [3.8, 4) is 0 Å². The lowest BCUT2D eigenvalue weighted by molar-refractivity contribution is 0.0950. The number of benzene rings is 1. The molecule has 0 amide bonds. The normalized spacial score (nSPS) is 12.5. The molecular formula is C14H21NO. The highest BCUT2D eigenvalue weighted by Gasteiger charge is 2.15. The second-order valence-corrected chi connectivity index (χ2v) is 4.36. The maximum atomic E-state index is 12.1. The van der Waals surface area contributed by atoms with Crippen molar-refractivity contribution in [2.24, 2.45) is 0 Å². The Bertz CT molecular complexity index is 371. The van der Waals surface area contributed by atoms with Crippen LogP contribution in [0.2, 0.25) is 0 Å². The Hall–Kier alpha value is -1.15. The Morgan fingerprint density at radius 3 is 2.62 bits per heavy atom.